The SMILES string of the molecule is CC(C)N(C)C[C@]1(O)CCCN(Cc2ccc(F)cc2)C1=O. The second kappa shape index (κ2) is 6.75. The molecule has 1 amide bonds. The fourth-order valence-electron chi connectivity index (χ4n) is 2.77. The molecule has 1 aliphatic rings. The minimum Gasteiger partial charge on any atom is -0.379 e. The fourth-order valence-corrected chi connectivity index (χ4v) is 2.77. The number of carbonyl (C=O) groups is 1. The molecule has 1 N–H and O–H groups in total. The van der Waals surface area contributed by atoms with E-state index < -0.39 is 5.60 Å². The fraction of sp³-hybridized carbons (Fsp3) is 0.588. The first-order chi connectivity index (χ1) is 10.3. The van der Waals surface area contributed by atoms with Gasteiger partial charge in [0.15, 0.2) is 5.60 Å². The summed E-state index contributed by atoms with van der Waals surface area (Å²) < 4.78 is 13.0. The van der Waals surface area contributed by atoms with Crippen molar-refractivity contribution in [1.29, 1.82) is 0 Å². The van der Waals surface area contributed by atoms with E-state index in [9.17, 15) is 14.3 Å². The van der Waals surface area contributed by atoms with Crippen molar-refractivity contribution in [2.75, 3.05) is 20.1 Å². The highest BCUT2D eigenvalue weighted by Gasteiger charge is 2.43. The molecule has 0 aliphatic carbocycles. The largest absolute Gasteiger partial charge is 0.379 e. The molecule has 2 rings (SSSR count). The smallest absolute Gasteiger partial charge is 0.256 e. The van der Waals surface area contributed by atoms with Crippen LogP contribution in [0.4, 0.5) is 4.39 Å². The van der Waals surface area contributed by atoms with Gasteiger partial charge in [0.2, 0.25) is 0 Å². The molecule has 1 heterocycles. The zero-order chi connectivity index (χ0) is 16.3. The van der Waals surface area contributed by atoms with E-state index in [4.69, 9.17) is 0 Å². The molecule has 5 heteroatoms. The number of hydrogen-bond acceptors (Lipinski definition) is 3. The van der Waals surface area contributed by atoms with Crippen LogP contribution in [0.3, 0.4) is 0 Å². The molecule has 122 valence electrons. The van der Waals surface area contributed by atoms with Crippen molar-refractivity contribution in [1.82, 2.24) is 9.80 Å². The summed E-state index contributed by atoms with van der Waals surface area (Å²) in [6.07, 6.45) is 1.26. The maximum absolute atomic E-state index is 13.0. The first kappa shape index (κ1) is 16.9. The van der Waals surface area contributed by atoms with E-state index in [2.05, 4.69) is 0 Å². The predicted molar refractivity (Wildman–Crippen MR) is 83.8 cm³/mol. The summed E-state index contributed by atoms with van der Waals surface area (Å²) >= 11 is 0. The summed E-state index contributed by atoms with van der Waals surface area (Å²) in [5, 5.41) is 10.8. The number of halogens is 1. The Balaban J connectivity index is 2.07. The first-order valence-corrected chi connectivity index (χ1v) is 7.78. The van der Waals surface area contributed by atoms with Gasteiger partial charge in [-0.25, -0.2) is 4.39 Å². The normalized spacial score (nSPS) is 22.7. The first-order valence-electron chi connectivity index (χ1n) is 7.78. The molecule has 1 fully saturated rings. The molecule has 1 aromatic carbocycles. The van der Waals surface area contributed by atoms with Crippen molar-refractivity contribution in [3.05, 3.63) is 35.6 Å². The maximum atomic E-state index is 13.0. The number of likely N-dealkylation sites (tertiary alicyclic amines) is 1. The Labute approximate surface area is 131 Å². The van der Waals surface area contributed by atoms with Crippen LogP contribution in [0.5, 0.6) is 0 Å². The van der Waals surface area contributed by atoms with Crippen molar-refractivity contribution in [3.8, 4) is 0 Å². The van der Waals surface area contributed by atoms with Crippen molar-refractivity contribution in [2.45, 2.75) is 44.9 Å². The maximum Gasteiger partial charge on any atom is 0.256 e. The topological polar surface area (TPSA) is 43.8 Å². The molecule has 0 saturated carbocycles. The summed E-state index contributed by atoms with van der Waals surface area (Å²) in [5.74, 6) is -0.514. The summed E-state index contributed by atoms with van der Waals surface area (Å²) in [5.41, 5.74) is -0.451. The number of hydrogen-bond donors (Lipinski definition) is 1. The van der Waals surface area contributed by atoms with Gasteiger partial charge in [-0.3, -0.25) is 4.79 Å². The van der Waals surface area contributed by atoms with E-state index in [1.807, 2.05) is 25.8 Å². The van der Waals surface area contributed by atoms with Crippen molar-refractivity contribution in [3.63, 3.8) is 0 Å². The quantitative estimate of drug-likeness (QED) is 0.905. The zero-order valence-corrected chi connectivity index (χ0v) is 13.6. The number of piperidine rings is 1. The van der Waals surface area contributed by atoms with E-state index in [0.717, 1.165) is 12.0 Å². The van der Waals surface area contributed by atoms with Crippen LogP contribution in [0.25, 0.3) is 0 Å². The molecular weight excluding hydrogens is 283 g/mol. The monoisotopic (exact) mass is 308 g/mol. The van der Waals surface area contributed by atoms with E-state index in [1.54, 1.807) is 17.0 Å². The molecule has 1 aliphatic heterocycles. The van der Waals surface area contributed by atoms with Crippen LogP contribution in [0.1, 0.15) is 32.3 Å². The Hall–Kier alpha value is -1.46. The van der Waals surface area contributed by atoms with Crippen molar-refractivity contribution >= 4 is 5.91 Å². The number of nitrogens with zero attached hydrogens (tertiary/aromatic N) is 2. The highest BCUT2D eigenvalue weighted by Crippen LogP contribution is 2.25. The van der Waals surface area contributed by atoms with Gasteiger partial charge in [-0.2, -0.15) is 0 Å². The van der Waals surface area contributed by atoms with E-state index >= 15 is 0 Å². The van der Waals surface area contributed by atoms with E-state index in [-0.39, 0.29) is 17.8 Å². The summed E-state index contributed by atoms with van der Waals surface area (Å²) in [7, 11) is 1.91. The molecule has 0 radical (unpaired) electrons. The van der Waals surface area contributed by atoms with Crippen molar-refractivity contribution < 1.29 is 14.3 Å². The lowest BCUT2D eigenvalue weighted by molar-refractivity contribution is -0.160. The standard InChI is InChI=1S/C17H25FN2O2/c1-13(2)19(3)12-17(22)9-4-10-20(16(17)21)11-14-5-7-15(18)8-6-14/h5-8,13,22H,4,9-12H2,1-3H3/t17-/m1/s1. The van der Waals surface area contributed by atoms with Crippen LogP contribution >= 0.6 is 0 Å². The molecule has 1 atom stereocenters. The average molecular weight is 308 g/mol. The molecule has 0 spiro atoms. The lowest BCUT2D eigenvalue weighted by Crippen LogP contribution is -2.58. The van der Waals surface area contributed by atoms with Gasteiger partial charge < -0.3 is 14.9 Å². The highest BCUT2D eigenvalue weighted by atomic mass is 19.1. The number of aliphatic hydroxyl groups is 1. The second-order valence-electron chi connectivity index (χ2n) is 6.50. The van der Waals surface area contributed by atoms with E-state index in [0.29, 0.717) is 26.1 Å². The van der Waals surface area contributed by atoms with Gasteiger partial charge >= 0.3 is 0 Å². The van der Waals surface area contributed by atoms with Crippen molar-refractivity contribution in [2.24, 2.45) is 0 Å². The summed E-state index contributed by atoms with van der Waals surface area (Å²) in [6, 6.07) is 6.40. The molecule has 0 bridgehead atoms. The summed E-state index contributed by atoms with van der Waals surface area (Å²) in [6.45, 7) is 5.44. The van der Waals surface area contributed by atoms with Gasteiger partial charge in [-0.05, 0) is 51.4 Å². The second-order valence-corrected chi connectivity index (χ2v) is 6.50. The van der Waals surface area contributed by atoms with Gasteiger partial charge in [0, 0.05) is 25.7 Å². The molecule has 1 saturated heterocycles. The number of benzene rings is 1. The van der Waals surface area contributed by atoms with Crippen LogP contribution in [-0.2, 0) is 11.3 Å². The molecular formula is C17H25FN2O2. The third-order valence-corrected chi connectivity index (χ3v) is 4.38. The zero-order valence-electron chi connectivity index (χ0n) is 13.6. The molecule has 1 aromatic rings. The number of rotatable bonds is 5. The molecule has 22 heavy (non-hydrogen) atoms. The molecule has 0 aromatic heterocycles. The molecule has 0 unspecified atom stereocenters. The highest BCUT2D eigenvalue weighted by molar-refractivity contribution is 5.86. The van der Waals surface area contributed by atoms with Gasteiger partial charge in [0.05, 0.1) is 0 Å². The minimum absolute atomic E-state index is 0.226. The van der Waals surface area contributed by atoms with Gasteiger partial charge in [-0.1, -0.05) is 12.1 Å². The van der Waals surface area contributed by atoms with Crippen LogP contribution in [0.15, 0.2) is 24.3 Å². The third-order valence-electron chi connectivity index (χ3n) is 4.38. The number of amides is 1. The Morgan fingerprint density at radius 2 is 2.00 bits per heavy atom. The Morgan fingerprint density at radius 3 is 2.59 bits per heavy atom. The molecule has 4 nitrogen and oxygen atoms in total. The number of likely N-dealkylation sites (N-methyl/N-ethyl adjacent to an activating group) is 1. The number of carbonyl (C=O) groups excluding carboxylic acids is 1. The van der Waals surface area contributed by atoms with Gasteiger partial charge in [-0.15, -0.1) is 0 Å². The van der Waals surface area contributed by atoms with Crippen LogP contribution < -0.4 is 0 Å². The Bertz CT molecular complexity index is 518. The lowest BCUT2D eigenvalue weighted by Gasteiger charge is -2.41. The summed E-state index contributed by atoms with van der Waals surface area (Å²) in [4.78, 5) is 16.3. The Kier molecular flexibility index (Phi) is 5.19. The third kappa shape index (κ3) is 3.84. The van der Waals surface area contributed by atoms with E-state index in [1.165, 1.54) is 12.1 Å². The average Bonchev–Trinajstić information content (AvgIpc) is 2.46. The lowest BCUT2D eigenvalue weighted by atomic mass is 9.90. The Morgan fingerprint density at radius 1 is 1.36 bits per heavy atom. The van der Waals surface area contributed by atoms with Crippen LogP contribution in [0.2, 0.25) is 0 Å². The minimum atomic E-state index is -1.32. The predicted octanol–water partition coefficient (Wildman–Crippen LogP) is 2.02. The van der Waals surface area contributed by atoms with Crippen LogP contribution in [0, 0.1) is 5.82 Å². The van der Waals surface area contributed by atoms with Gasteiger partial charge in [0.1, 0.15) is 5.82 Å². The van der Waals surface area contributed by atoms with Gasteiger partial charge in [0.25, 0.3) is 5.91 Å². The van der Waals surface area contributed by atoms with Crippen LogP contribution in [-0.4, -0.2) is 52.6 Å².